The van der Waals surface area contributed by atoms with E-state index in [9.17, 15) is 19.1 Å². The van der Waals surface area contributed by atoms with E-state index < -0.39 is 23.8 Å². The molecule has 0 saturated heterocycles. The summed E-state index contributed by atoms with van der Waals surface area (Å²) in [6, 6.07) is 12.6. The van der Waals surface area contributed by atoms with Gasteiger partial charge in [-0.3, -0.25) is 9.59 Å². The highest BCUT2D eigenvalue weighted by Crippen LogP contribution is 2.26. The molecule has 3 rings (SSSR count). The third-order valence-corrected chi connectivity index (χ3v) is 5.46. The molecule has 0 spiro atoms. The summed E-state index contributed by atoms with van der Waals surface area (Å²) in [6.07, 6.45) is 3.42. The molecule has 0 bridgehead atoms. The number of amides is 1. The summed E-state index contributed by atoms with van der Waals surface area (Å²) < 4.78 is 19.5. The molecule has 0 aliphatic rings. The number of hydrogen-bond donors (Lipinski definition) is 2. The second-order valence-electron chi connectivity index (χ2n) is 7.70. The molecule has 7 nitrogen and oxygen atoms in total. The third kappa shape index (κ3) is 7.07. The number of benzene rings is 2. The first kappa shape index (κ1) is 25.3. The van der Waals surface area contributed by atoms with E-state index in [0.29, 0.717) is 29.2 Å². The van der Waals surface area contributed by atoms with Crippen LogP contribution in [0, 0.1) is 11.7 Å². The molecule has 1 heterocycles. The molecule has 0 aliphatic heterocycles. The highest BCUT2D eigenvalue weighted by atomic mass is 35.5. The number of nitrogens with zero attached hydrogens (tertiary/aromatic N) is 2. The highest BCUT2D eigenvalue weighted by molar-refractivity contribution is 6.30. The van der Waals surface area contributed by atoms with Crippen LogP contribution in [0.2, 0.25) is 5.02 Å². The van der Waals surface area contributed by atoms with Gasteiger partial charge >= 0.3 is 5.97 Å². The van der Waals surface area contributed by atoms with Crippen molar-refractivity contribution in [3.05, 3.63) is 83.2 Å². The Morgan fingerprint density at radius 3 is 2.50 bits per heavy atom. The Hall–Kier alpha value is -3.36. The first-order valence-electron chi connectivity index (χ1n) is 10.8. The standard InChI is InChI=1S/C25H25ClFN3O4/c1-2-34-15-18(25(32)33)13-20(30-24(31)23-28-10-3-11-29-23)12-16-4-6-17(7-5-16)21-14-19(26)8-9-22(21)27/h3-11,14,18,20H,2,12-13,15H2,1H3,(H,30,31)(H,32,33). The van der Waals surface area contributed by atoms with E-state index >= 15 is 0 Å². The predicted octanol–water partition coefficient (Wildman–Crippen LogP) is 4.40. The molecule has 0 saturated carbocycles. The van der Waals surface area contributed by atoms with Crippen LogP contribution < -0.4 is 5.32 Å². The van der Waals surface area contributed by atoms with Gasteiger partial charge in [0.2, 0.25) is 5.82 Å². The van der Waals surface area contributed by atoms with Gasteiger partial charge in [-0.15, -0.1) is 0 Å². The Kier molecular flexibility index (Phi) is 9.07. The summed E-state index contributed by atoms with van der Waals surface area (Å²) in [5.41, 5.74) is 1.88. The molecule has 2 aromatic carbocycles. The van der Waals surface area contributed by atoms with Gasteiger partial charge in [-0.1, -0.05) is 35.9 Å². The molecule has 3 aromatic rings. The Bertz CT molecular complexity index is 1110. The fourth-order valence-corrected chi connectivity index (χ4v) is 3.70. The zero-order chi connectivity index (χ0) is 24.5. The number of aliphatic carboxylic acids is 1. The molecule has 34 heavy (non-hydrogen) atoms. The van der Waals surface area contributed by atoms with Crippen molar-refractivity contribution < 1.29 is 23.8 Å². The van der Waals surface area contributed by atoms with Crippen LogP contribution in [0.4, 0.5) is 4.39 Å². The summed E-state index contributed by atoms with van der Waals surface area (Å²) in [7, 11) is 0. The van der Waals surface area contributed by atoms with Gasteiger partial charge in [-0.2, -0.15) is 0 Å². The normalized spacial score (nSPS) is 12.7. The Morgan fingerprint density at radius 1 is 1.15 bits per heavy atom. The molecule has 178 valence electrons. The fraction of sp³-hybridized carbons (Fsp3) is 0.280. The lowest BCUT2D eigenvalue weighted by Gasteiger charge is -2.22. The number of carbonyl (C=O) groups is 2. The van der Waals surface area contributed by atoms with Crippen molar-refractivity contribution in [2.45, 2.75) is 25.8 Å². The number of halogens is 2. The first-order chi connectivity index (χ1) is 16.4. The number of carboxylic acids is 1. The van der Waals surface area contributed by atoms with Crippen LogP contribution in [0.1, 0.15) is 29.5 Å². The number of carbonyl (C=O) groups excluding carboxylic acids is 1. The quantitative estimate of drug-likeness (QED) is 0.417. The minimum absolute atomic E-state index is 0.00374. The summed E-state index contributed by atoms with van der Waals surface area (Å²) in [5.74, 6) is -2.69. The van der Waals surface area contributed by atoms with E-state index in [1.165, 1.54) is 24.5 Å². The van der Waals surface area contributed by atoms with Crippen molar-refractivity contribution >= 4 is 23.5 Å². The van der Waals surface area contributed by atoms with Crippen LogP contribution >= 0.6 is 11.6 Å². The van der Waals surface area contributed by atoms with Crippen molar-refractivity contribution in [3.63, 3.8) is 0 Å². The van der Waals surface area contributed by atoms with Crippen molar-refractivity contribution in [1.29, 1.82) is 0 Å². The van der Waals surface area contributed by atoms with Crippen LogP contribution in [0.15, 0.2) is 60.9 Å². The number of nitrogens with one attached hydrogen (secondary N) is 1. The maximum absolute atomic E-state index is 14.2. The minimum Gasteiger partial charge on any atom is -0.481 e. The van der Waals surface area contributed by atoms with E-state index in [4.69, 9.17) is 16.3 Å². The second kappa shape index (κ2) is 12.2. The van der Waals surface area contributed by atoms with Crippen LogP contribution in [0.5, 0.6) is 0 Å². The SMILES string of the molecule is CCOCC(CC(Cc1ccc(-c2cc(Cl)ccc2F)cc1)NC(=O)c1ncccn1)C(=O)O. The summed E-state index contributed by atoms with van der Waals surface area (Å²) >= 11 is 6.00. The second-order valence-corrected chi connectivity index (χ2v) is 8.13. The van der Waals surface area contributed by atoms with E-state index in [0.717, 1.165) is 5.56 Å². The first-order valence-corrected chi connectivity index (χ1v) is 11.2. The predicted molar refractivity (Wildman–Crippen MR) is 126 cm³/mol. The molecule has 0 radical (unpaired) electrons. The Labute approximate surface area is 202 Å². The lowest BCUT2D eigenvalue weighted by molar-refractivity contribution is -0.144. The lowest BCUT2D eigenvalue weighted by Crippen LogP contribution is -2.40. The van der Waals surface area contributed by atoms with Gasteiger partial charge in [0.1, 0.15) is 5.82 Å². The van der Waals surface area contributed by atoms with Gasteiger partial charge in [0.15, 0.2) is 0 Å². The average molecular weight is 486 g/mol. The van der Waals surface area contributed by atoms with Gasteiger partial charge < -0.3 is 15.2 Å². The minimum atomic E-state index is -1.00. The van der Waals surface area contributed by atoms with Crippen molar-refractivity contribution in [2.75, 3.05) is 13.2 Å². The smallest absolute Gasteiger partial charge is 0.308 e. The van der Waals surface area contributed by atoms with Gasteiger partial charge in [-0.25, -0.2) is 14.4 Å². The number of aromatic nitrogens is 2. The van der Waals surface area contributed by atoms with Gasteiger partial charge in [0, 0.05) is 35.6 Å². The maximum Gasteiger partial charge on any atom is 0.308 e. The van der Waals surface area contributed by atoms with E-state index in [-0.39, 0.29) is 24.7 Å². The molecular formula is C25H25ClFN3O4. The number of ether oxygens (including phenoxy) is 1. The van der Waals surface area contributed by atoms with Crippen molar-refractivity contribution in [2.24, 2.45) is 5.92 Å². The average Bonchev–Trinajstić information content (AvgIpc) is 2.84. The van der Waals surface area contributed by atoms with E-state index in [1.54, 1.807) is 31.2 Å². The summed E-state index contributed by atoms with van der Waals surface area (Å²) in [4.78, 5) is 32.3. The molecule has 1 aromatic heterocycles. The van der Waals surface area contributed by atoms with Crippen LogP contribution in [0.25, 0.3) is 11.1 Å². The van der Waals surface area contributed by atoms with Gasteiger partial charge in [-0.05, 0) is 55.2 Å². The van der Waals surface area contributed by atoms with Crippen molar-refractivity contribution in [1.82, 2.24) is 15.3 Å². The topological polar surface area (TPSA) is 101 Å². The van der Waals surface area contributed by atoms with Crippen LogP contribution in [-0.2, 0) is 16.0 Å². The van der Waals surface area contributed by atoms with E-state index in [1.807, 2.05) is 12.1 Å². The molecule has 2 unspecified atom stereocenters. The van der Waals surface area contributed by atoms with Gasteiger partial charge in [0.25, 0.3) is 5.91 Å². The monoisotopic (exact) mass is 485 g/mol. The zero-order valence-corrected chi connectivity index (χ0v) is 19.3. The van der Waals surface area contributed by atoms with E-state index in [2.05, 4.69) is 15.3 Å². The Balaban J connectivity index is 1.80. The van der Waals surface area contributed by atoms with Gasteiger partial charge in [0.05, 0.1) is 12.5 Å². The maximum atomic E-state index is 14.2. The number of hydrogen-bond acceptors (Lipinski definition) is 5. The molecule has 0 aliphatic carbocycles. The third-order valence-electron chi connectivity index (χ3n) is 5.22. The molecule has 1 amide bonds. The molecular weight excluding hydrogens is 461 g/mol. The van der Waals surface area contributed by atoms with Crippen molar-refractivity contribution in [3.8, 4) is 11.1 Å². The zero-order valence-electron chi connectivity index (χ0n) is 18.6. The number of rotatable bonds is 11. The highest BCUT2D eigenvalue weighted by Gasteiger charge is 2.25. The molecule has 9 heteroatoms. The Morgan fingerprint density at radius 2 is 1.85 bits per heavy atom. The lowest BCUT2D eigenvalue weighted by atomic mass is 9.94. The molecule has 2 N–H and O–H groups in total. The number of carboxylic acid groups (broad SMARTS) is 1. The molecule has 2 atom stereocenters. The summed E-state index contributed by atoms with van der Waals surface area (Å²) in [6.45, 7) is 2.21. The van der Waals surface area contributed by atoms with Crippen LogP contribution in [-0.4, -0.2) is 46.2 Å². The summed E-state index contributed by atoms with van der Waals surface area (Å²) in [5, 5.41) is 12.9. The largest absolute Gasteiger partial charge is 0.481 e. The fourth-order valence-electron chi connectivity index (χ4n) is 3.53. The van der Waals surface area contributed by atoms with Crippen LogP contribution in [0.3, 0.4) is 0 Å². The molecule has 0 fully saturated rings.